The first kappa shape index (κ1) is 14.2. The fourth-order valence-electron chi connectivity index (χ4n) is 2.81. The van der Waals surface area contributed by atoms with E-state index < -0.39 is 0 Å². The van der Waals surface area contributed by atoms with Gasteiger partial charge in [-0.1, -0.05) is 6.07 Å². The van der Waals surface area contributed by atoms with Gasteiger partial charge in [0.25, 0.3) is 0 Å². The maximum atomic E-state index is 12.3. The lowest BCUT2D eigenvalue weighted by Gasteiger charge is -2.28. The summed E-state index contributed by atoms with van der Waals surface area (Å²) in [6.45, 7) is 1.89. The Morgan fingerprint density at radius 2 is 2.14 bits per heavy atom. The zero-order chi connectivity index (χ0) is 14.7. The topological polar surface area (TPSA) is 56.8 Å². The fourth-order valence-corrected chi connectivity index (χ4v) is 2.81. The zero-order valence-corrected chi connectivity index (χ0v) is 12.3. The molecule has 2 aliphatic rings. The van der Waals surface area contributed by atoms with Gasteiger partial charge in [-0.25, -0.2) is 0 Å². The van der Waals surface area contributed by atoms with E-state index in [1.54, 1.807) is 7.11 Å². The van der Waals surface area contributed by atoms with Gasteiger partial charge in [-0.2, -0.15) is 0 Å². The molecule has 0 saturated carbocycles. The van der Waals surface area contributed by atoms with E-state index in [0.717, 1.165) is 43.1 Å². The first-order valence-corrected chi connectivity index (χ1v) is 7.44. The molecule has 1 aromatic carbocycles. The van der Waals surface area contributed by atoms with Crippen molar-refractivity contribution in [1.29, 1.82) is 0 Å². The van der Waals surface area contributed by atoms with Gasteiger partial charge in [0, 0.05) is 25.3 Å². The van der Waals surface area contributed by atoms with Crippen molar-refractivity contribution < 1.29 is 19.0 Å². The Balaban J connectivity index is 1.61. The van der Waals surface area contributed by atoms with Gasteiger partial charge in [0.15, 0.2) is 0 Å². The number of carbonyl (C=O) groups is 1. The smallest absolute Gasteiger partial charge is 0.227 e. The van der Waals surface area contributed by atoms with Crippen molar-refractivity contribution in [3.63, 3.8) is 0 Å². The molecule has 21 heavy (non-hydrogen) atoms. The van der Waals surface area contributed by atoms with Crippen LogP contribution in [0.5, 0.6) is 11.5 Å². The van der Waals surface area contributed by atoms with Gasteiger partial charge in [0.1, 0.15) is 18.1 Å². The van der Waals surface area contributed by atoms with Gasteiger partial charge in [0.05, 0.1) is 13.0 Å². The number of rotatable bonds is 3. The van der Waals surface area contributed by atoms with E-state index in [1.807, 2.05) is 18.2 Å². The number of hydrogen-bond donors (Lipinski definition) is 1. The Morgan fingerprint density at radius 1 is 1.33 bits per heavy atom. The summed E-state index contributed by atoms with van der Waals surface area (Å²) >= 11 is 0. The summed E-state index contributed by atoms with van der Waals surface area (Å²) < 4.78 is 16.2. The minimum absolute atomic E-state index is 0.0865. The number of nitrogens with one attached hydrogen (secondary N) is 1. The molecule has 1 unspecified atom stereocenters. The summed E-state index contributed by atoms with van der Waals surface area (Å²) in [5, 5.41) is 3.12. The number of fused-ring (bicyclic) bond motifs is 1. The molecule has 0 aliphatic carbocycles. The lowest BCUT2D eigenvalue weighted by atomic mass is 9.95. The van der Waals surface area contributed by atoms with Crippen LogP contribution < -0.4 is 14.8 Å². The van der Waals surface area contributed by atoms with E-state index in [4.69, 9.17) is 14.2 Å². The summed E-state index contributed by atoms with van der Waals surface area (Å²) in [7, 11) is 1.63. The lowest BCUT2D eigenvalue weighted by molar-refractivity contribution is -0.127. The molecule has 5 nitrogen and oxygen atoms in total. The fraction of sp³-hybridized carbons (Fsp3) is 0.562. The molecule has 114 valence electrons. The summed E-state index contributed by atoms with van der Waals surface area (Å²) in [6, 6.07) is 5.99. The molecule has 0 radical (unpaired) electrons. The predicted octanol–water partition coefficient (Wildman–Crippen LogP) is 1.54. The third-order valence-corrected chi connectivity index (χ3v) is 4.12. The van der Waals surface area contributed by atoms with E-state index >= 15 is 0 Å². The van der Waals surface area contributed by atoms with E-state index in [9.17, 15) is 4.79 Å². The average molecular weight is 291 g/mol. The van der Waals surface area contributed by atoms with Crippen LogP contribution in [0.3, 0.4) is 0 Å². The lowest BCUT2D eigenvalue weighted by Crippen LogP contribution is -2.44. The molecule has 1 saturated heterocycles. The van der Waals surface area contributed by atoms with E-state index in [-0.39, 0.29) is 17.9 Å². The summed E-state index contributed by atoms with van der Waals surface area (Å²) in [5.41, 5.74) is 1.06. The molecule has 5 heteroatoms. The number of hydrogen-bond acceptors (Lipinski definition) is 4. The largest absolute Gasteiger partial charge is 0.497 e. The number of ether oxygens (including phenoxy) is 3. The van der Waals surface area contributed by atoms with Gasteiger partial charge >= 0.3 is 0 Å². The van der Waals surface area contributed by atoms with Crippen molar-refractivity contribution in [1.82, 2.24) is 5.32 Å². The molecule has 2 heterocycles. The van der Waals surface area contributed by atoms with Crippen LogP contribution in [0.25, 0.3) is 0 Å². The highest BCUT2D eigenvalue weighted by atomic mass is 16.5. The van der Waals surface area contributed by atoms with Gasteiger partial charge in [-0.15, -0.1) is 0 Å². The Morgan fingerprint density at radius 3 is 2.90 bits per heavy atom. The highest BCUT2D eigenvalue weighted by Crippen LogP contribution is 2.31. The van der Waals surface area contributed by atoms with Crippen molar-refractivity contribution in [3.05, 3.63) is 23.8 Å². The molecule has 1 aromatic rings. The summed E-state index contributed by atoms with van der Waals surface area (Å²) in [5.74, 6) is 1.57. The van der Waals surface area contributed by atoms with Gasteiger partial charge in [0.2, 0.25) is 5.91 Å². The molecule has 0 spiro atoms. The number of methoxy groups -OCH3 is 1. The monoisotopic (exact) mass is 291 g/mol. The van der Waals surface area contributed by atoms with Crippen molar-refractivity contribution in [2.24, 2.45) is 5.92 Å². The quantitative estimate of drug-likeness (QED) is 0.918. The van der Waals surface area contributed by atoms with Crippen LogP contribution in [0.1, 0.15) is 18.4 Å². The SMILES string of the molecule is COc1ccc2c(c1)OCC(C(=O)NC1CCOCC1)C2. The third kappa shape index (κ3) is 3.29. The minimum atomic E-state index is -0.117. The first-order valence-electron chi connectivity index (χ1n) is 7.44. The van der Waals surface area contributed by atoms with Gasteiger partial charge in [-0.3, -0.25) is 4.79 Å². The van der Waals surface area contributed by atoms with Crippen LogP contribution in [-0.4, -0.2) is 38.9 Å². The van der Waals surface area contributed by atoms with Crippen LogP contribution in [0, 0.1) is 5.92 Å². The summed E-state index contributed by atoms with van der Waals surface area (Å²) in [4.78, 5) is 12.3. The van der Waals surface area contributed by atoms with Gasteiger partial charge in [-0.05, 0) is 30.9 Å². The van der Waals surface area contributed by atoms with Crippen LogP contribution in [0.15, 0.2) is 18.2 Å². The van der Waals surface area contributed by atoms with E-state index in [1.165, 1.54) is 0 Å². The third-order valence-electron chi connectivity index (χ3n) is 4.12. The maximum absolute atomic E-state index is 12.3. The van der Waals surface area contributed by atoms with Crippen LogP contribution in [-0.2, 0) is 16.0 Å². The second-order valence-corrected chi connectivity index (χ2v) is 5.58. The zero-order valence-electron chi connectivity index (χ0n) is 12.3. The van der Waals surface area contributed by atoms with Crippen LogP contribution in [0.4, 0.5) is 0 Å². The van der Waals surface area contributed by atoms with Gasteiger partial charge < -0.3 is 19.5 Å². The first-order chi connectivity index (χ1) is 10.3. The Labute approximate surface area is 124 Å². The molecular weight excluding hydrogens is 270 g/mol. The van der Waals surface area contributed by atoms with Crippen LogP contribution >= 0.6 is 0 Å². The Kier molecular flexibility index (Phi) is 4.29. The molecular formula is C16H21NO4. The number of carbonyl (C=O) groups excluding carboxylic acids is 1. The van der Waals surface area contributed by atoms with Crippen molar-refractivity contribution >= 4 is 5.91 Å². The normalized spacial score (nSPS) is 22.0. The molecule has 1 fully saturated rings. The minimum Gasteiger partial charge on any atom is -0.497 e. The highest BCUT2D eigenvalue weighted by molar-refractivity contribution is 5.80. The Hall–Kier alpha value is -1.75. The van der Waals surface area contributed by atoms with E-state index in [0.29, 0.717) is 13.0 Å². The van der Waals surface area contributed by atoms with Crippen LogP contribution in [0.2, 0.25) is 0 Å². The standard InChI is InChI=1S/C16H21NO4/c1-19-14-3-2-11-8-12(10-21-15(11)9-14)16(18)17-13-4-6-20-7-5-13/h2-3,9,12-13H,4-8,10H2,1H3,(H,17,18). The second-order valence-electron chi connectivity index (χ2n) is 5.58. The number of amides is 1. The predicted molar refractivity (Wildman–Crippen MR) is 77.7 cm³/mol. The molecule has 1 atom stereocenters. The molecule has 1 amide bonds. The molecule has 0 aromatic heterocycles. The van der Waals surface area contributed by atoms with Crippen molar-refractivity contribution in [3.8, 4) is 11.5 Å². The summed E-state index contributed by atoms with van der Waals surface area (Å²) in [6.07, 6.45) is 2.51. The Bertz CT molecular complexity index is 511. The number of benzene rings is 1. The van der Waals surface area contributed by atoms with E-state index in [2.05, 4.69) is 5.32 Å². The molecule has 3 rings (SSSR count). The van der Waals surface area contributed by atoms with Crippen molar-refractivity contribution in [2.75, 3.05) is 26.9 Å². The molecule has 1 N–H and O–H groups in total. The highest BCUT2D eigenvalue weighted by Gasteiger charge is 2.28. The maximum Gasteiger partial charge on any atom is 0.227 e. The second kappa shape index (κ2) is 6.35. The average Bonchev–Trinajstić information content (AvgIpc) is 2.54. The van der Waals surface area contributed by atoms with Crippen molar-refractivity contribution in [2.45, 2.75) is 25.3 Å². The molecule has 0 bridgehead atoms. The molecule has 2 aliphatic heterocycles.